The summed E-state index contributed by atoms with van der Waals surface area (Å²) in [6, 6.07) is 5.49. The van der Waals surface area contributed by atoms with Gasteiger partial charge in [0.2, 0.25) is 28.0 Å². The molecule has 2 aromatic rings. The van der Waals surface area contributed by atoms with Gasteiger partial charge in [-0.05, 0) is 91.7 Å². The number of carbonyl (C=O) groups is 5. The second-order valence-electron chi connectivity index (χ2n) is 17.0. The molecule has 2 rings (SSSR count). The van der Waals surface area contributed by atoms with E-state index in [2.05, 4.69) is 34.9 Å². The Bertz CT molecular complexity index is 1980. The van der Waals surface area contributed by atoms with Crippen molar-refractivity contribution in [1.82, 2.24) is 35.2 Å². The fourth-order valence-corrected chi connectivity index (χ4v) is 12.6. The molecule has 0 saturated heterocycles. The number of thiocarbonyl (C=S) groups is 5. The highest BCUT2D eigenvalue weighted by molar-refractivity contribution is 8.25. The van der Waals surface area contributed by atoms with E-state index >= 15 is 0 Å². The maximum atomic E-state index is 11.6. The maximum Gasteiger partial charge on any atom is 0.305 e. The van der Waals surface area contributed by atoms with Crippen molar-refractivity contribution in [1.29, 1.82) is 0 Å². The molecule has 0 saturated carbocycles. The summed E-state index contributed by atoms with van der Waals surface area (Å²) in [5.74, 6) is -0.897. The van der Waals surface area contributed by atoms with Crippen molar-refractivity contribution in [3.8, 4) is 0 Å². The van der Waals surface area contributed by atoms with Gasteiger partial charge < -0.3 is 55.5 Å². The monoisotopic (exact) mass is 1270 g/mol. The summed E-state index contributed by atoms with van der Waals surface area (Å²) in [4.78, 5) is 58.7. The Hall–Kier alpha value is -2.36. The summed E-state index contributed by atoms with van der Waals surface area (Å²) in [6.07, 6.45) is 8.80. The molecule has 0 aliphatic rings. The molecule has 3 atom stereocenters. The number of rotatable bonds is 23. The third-order valence-electron chi connectivity index (χ3n) is 8.77. The van der Waals surface area contributed by atoms with Crippen molar-refractivity contribution in [2.45, 2.75) is 134 Å². The molecule has 29 heteroatoms. The van der Waals surface area contributed by atoms with Crippen LogP contribution in [0.5, 0.6) is 0 Å². The van der Waals surface area contributed by atoms with Gasteiger partial charge in [0.15, 0.2) is 4.32 Å². The Morgan fingerprint density at radius 2 is 1.10 bits per heavy atom. The van der Waals surface area contributed by atoms with Crippen molar-refractivity contribution in [2.24, 2.45) is 0 Å². The summed E-state index contributed by atoms with van der Waals surface area (Å²) in [7, 11) is 0. The third-order valence-corrected chi connectivity index (χ3v) is 15.8. The van der Waals surface area contributed by atoms with E-state index in [9.17, 15) is 24.0 Å². The van der Waals surface area contributed by atoms with E-state index in [1.54, 1.807) is 55.6 Å². The summed E-state index contributed by atoms with van der Waals surface area (Å²) in [6.45, 7) is 23.7. The molecular weight excluding hydrogens is 1190 g/mol. The number of carbonyl (C=O) groups excluding carboxylic acids is 5. The first-order valence-electron chi connectivity index (χ1n) is 24.1. The van der Waals surface area contributed by atoms with Crippen molar-refractivity contribution in [2.75, 3.05) is 65.9 Å². The van der Waals surface area contributed by atoms with Crippen LogP contribution in [0.4, 0.5) is 0 Å². The van der Waals surface area contributed by atoms with Crippen LogP contribution in [0.25, 0.3) is 0 Å². The van der Waals surface area contributed by atoms with Gasteiger partial charge in [-0.2, -0.15) is 5.10 Å². The highest BCUT2D eigenvalue weighted by Gasteiger charge is 2.25. The van der Waals surface area contributed by atoms with E-state index in [-0.39, 0.29) is 115 Å². The average molecular weight is 1270 g/mol. The van der Waals surface area contributed by atoms with E-state index in [1.165, 1.54) is 63.6 Å². The largest absolute Gasteiger partial charge is 0.479 e. The summed E-state index contributed by atoms with van der Waals surface area (Å²) in [5.41, 5.74) is 0. The van der Waals surface area contributed by atoms with Crippen LogP contribution in [0.15, 0.2) is 43.0 Å². The summed E-state index contributed by atoms with van der Waals surface area (Å²) < 4.78 is 16.2. The summed E-state index contributed by atoms with van der Waals surface area (Å²) in [5, 5.41) is 53.7. The molecule has 2 heterocycles. The topological polar surface area (TPSA) is 267 Å². The predicted molar refractivity (Wildman–Crippen MR) is 339 cm³/mol. The highest BCUT2D eigenvalue weighted by Crippen LogP contribution is 2.31. The third kappa shape index (κ3) is 42.2. The molecule has 4 amide bonds. The van der Waals surface area contributed by atoms with E-state index in [1.807, 2.05) is 66.1 Å². The van der Waals surface area contributed by atoms with Crippen LogP contribution in [0.3, 0.4) is 0 Å². The lowest BCUT2D eigenvalue weighted by Gasteiger charge is -2.26. The van der Waals surface area contributed by atoms with Gasteiger partial charge in [-0.3, -0.25) is 28.9 Å². The molecule has 3 unspecified atom stereocenters. The minimum atomic E-state index is -0.398. The number of esters is 1. The maximum absolute atomic E-state index is 11.6. The highest BCUT2D eigenvalue weighted by atomic mass is 32.2. The lowest BCUT2D eigenvalue weighted by molar-refractivity contribution is -0.144. The number of aliphatic hydroxyl groups excluding tert-OH is 5. The van der Waals surface area contributed by atoms with Crippen molar-refractivity contribution in [3.63, 3.8) is 0 Å². The van der Waals surface area contributed by atoms with Gasteiger partial charge in [-0.15, -0.1) is 11.8 Å². The zero-order chi connectivity index (χ0) is 59.7. The smallest absolute Gasteiger partial charge is 0.305 e. The van der Waals surface area contributed by atoms with Crippen LogP contribution >= 0.6 is 120 Å². The first-order valence-corrected chi connectivity index (χ1v) is 30.4. The first kappa shape index (κ1) is 78.9. The van der Waals surface area contributed by atoms with Gasteiger partial charge in [0, 0.05) is 84.1 Å². The van der Waals surface area contributed by atoms with E-state index in [0.29, 0.717) is 36.8 Å². The molecule has 8 N–H and O–H groups in total. The molecule has 2 aromatic heterocycles. The Morgan fingerprint density at radius 3 is 1.49 bits per heavy atom. The number of ether oxygens (including phenoxy) is 2. The molecule has 77 heavy (non-hydrogen) atoms. The second kappa shape index (κ2) is 46.3. The normalized spacial score (nSPS) is 11.8. The van der Waals surface area contributed by atoms with Crippen LogP contribution in [0, 0.1) is 0 Å². The van der Waals surface area contributed by atoms with Gasteiger partial charge in [-0.1, -0.05) is 124 Å². The van der Waals surface area contributed by atoms with Crippen molar-refractivity contribution in [3.05, 3.63) is 43.0 Å². The van der Waals surface area contributed by atoms with Crippen LogP contribution in [-0.4, -0.2) is 193 Å². The zero-order valence-corrected chi connectivity index (χ0v) is 54.2. The van der Waals surface area contributed by atoms with Crippen LogP contribution in [0.2, 0.25) is 0 Å². The lowest BCUT2D eigenvalue weighted by Crippen LogP contribution is -2.40. The lowest BCUT2D eigenvalue weighted by atomic mass is 10.1. The molecule has 0 fully saturated rings. The van der Waals surface area contributed by atoms with Gasteiger partial charge in [0.25, 0.3) is 0 Å². The van der Waals surface area contributed by atoms with Gasteiger partial charge >= 0.3 is 5.97 Å². The molecule has 0 spiro atoms. The quantitative estimate of drug-likeness (QED) is 0.0453. The molecule has 440 valence electrons. The van der Waals surface area contributed by atoms with E-state index < -0.39 is 5.25 Å². The van der Waals surface area contributed by atoms with Crippen LogP contribution < -0.4 is 16.0 Å². The number of nitrogens with one attached hydrogen (secondary N) is 3. The minimum absolute atomic E-state index is 0.0322. The number of nitrogens with zero attached hydrogens (tertiary/aromatic N) is 4. The second-order valence-corrected chi connectivity index (χ2v) is 28.0. The number of aliphatic hydroxyl groups is 5. The Labute approximate surface area is 503 Å². The number of aromatic nitrogens is 3. The van der Waals surface area contributed by atoms with Crippen LogP contribution in [-0.2, 0) is 33.4 Å². The minimum Gasteiger partial charge on any atom is -0.479 e. The average Bonchev–Trinajstić information content (AvgIpc) is 4.10. The molecular formula is C48H81N7O12S10. The standard InChI is InChI=1S/C11H20N2O3S2.C11H20O4S2.C10H14N2O2S2.C9H13N3O2S2.C7H14OS2/c1-7(2)13(9(4)15)11(17)18-8(3)10(16)12-5-6-14;1-4-14-10(16)17-11(2,3)6-5-9(13)15-8-7-12;1-8(9(14)11-4-7-13)16-10(15)12-5-2-3-6-12;1-7(8(14)10-4-6-13)16-9(15)12-5-2-3-11-12;1-6(9)10-7(2,3)4-5-8/h7-8,14H,5-6H2,1-4H3,(H,12,16);12H,4-8H2,1-3H3;2-3,5-6,8,13H,4,7H2,1H3,(H,11,14);2-3,5,7,13H,4,6H2,1H3,(H,10,14);8H,4-5H2,1-3H3. The SMILES string of the molecule is CC(=O)N(C(=S)SC(C)C(=O)NCCO)C(C)C.CC(=S)SC(C)(C)CCO.CC(SC(=S)n1cccc1)C(=O)NCCO.CC(SC(=S)n1cccn1)C(=O)NCCO.CCOC(=S)SC(C)(C)CCC(=O)OCCO. The van der Waals surface area contributed by atoms with Gasteiger partial charge in [0.1, 0.15) is 15.2 Å². The molecule has 0 aliphatic heterocycles. The fraction of sp³-hybridized carbons (Fsp3) is 0.646. The number of amides is 4. The molecule has 0 bridgehead atoms. The van der Waals surface area contributed by atoms with Crippen LogP contribution in [0.1, 0.15) is 102 Å². The Balaban J connectivity index is -0.000000898. The number of thioether (sulfide) groups is 5. The molecule has 0 radical (unpaired) electrons. The molecule has 19 nitrogen and oxygen atoms in total. The fourth-order valence-electron chi connectivity index (χ4n) is 5.06. The number of hydrogen-bond donors (Lipinski definition) is 8. The Morgan fingerprint density at radius 1 is 0.636 bits per heavy atom. The zero-order valence-electron chi connectivity index (χ0n) is 46.0. The predicted octanol–water partition coefficient (Wildman–Crippen LogP) is 6.22. The molecule has 0 aliphatic carbocycles. The molecule has 0 aromatic carbocycles. The van der Waals surface area contributed by atoms with Gasteiger partial charge in [-0.25, -0.2) is 4.68 Å². The Kier molecular flexibility index (Phi) is 47.4. The van der Waals surface area contributed by atoms with Gasteiger partial charge in [0.05, 0.1) is 48.8 Å². The van der Waals surface area contributed by atoms with Crippen molar-refractivity contribution < 1.29 is 59.0 Å². The summed E-state index contributed by atoms with van der Waals surface area (Å²) >= 11 is 32.3. The number of hydrogen-bond acceptors (Lipinski definition) is 23. The van der Waals surface area contributed by atoms with E-state index in [0.717, 1.165) is 10.6 Å². The van der Waals surface area contributed by atoms with Crippen molar-refractivity contribution >= 4 is 171 Å². The first-order chi connectivity index (χ1) is 36.0. The van der Waals surface area contributed by atoms with E-state index in [4.69, 9.17) is 96.1 Å².